The number of hydrogen-bond donors (Lipinski definition) is 1. The smallest absolute Gasteiger partial charge is 0.359 e. The Morgan fingerprint density at radius 3 is 2.50 bits per heavy atom. The summed E-state index contributed by atoms with van der Waals surface area (Å²) in [6.07, 6.45) is 9.50. The Labute approximate surface area is 164 Å². The third-order valence-corrected chi connectivity index (χ3v) is 5.89. The van der Waals surface area contributed by atoms with Crippen LogP contribution in [0.4, 0.5) is 5.82 Å². The van der Waals surface area contributed by atoms with Crippen molar-refractivity contribution in [3.05, 3.63) is 11.9 Å². The Morgan fingerprint density at radius 1 is 1.14 bits per heavy atom. The summed E-state index contributed by atoms with van der Waals surface area (Å²) in [5, 5.41) is 0. The first-order chi connectivity index (χ1) is 13.6. The quantitative estimate of drug-likeness (QED) is 0.714. The van der Waals surface area contributed by atoms with Crippen LogP contribution in [0.5, 0.6) is 5.88 Å². The third-order valence-electron chi connectivity index (χ3n) is 5.89. The first kappa shape index (κ1) is 19.0. The number of carbonyl (C=O) groups excluding carboxylic acids is 2. The van der Waals surface area contributed by atoms with Crippen LogP contribution in [0.15, 0.2) is 6.20 Å². The molecule has 8 nitrogen and oxygen atoms in total. The van der Waals surface area contributed by atoms with Gasteiger partial charge in [-0.1, -0.05) is 6.42 Å². The van der Waals surface area contributed by atoms with E-state index in [4.69, 9.17) is 15.2 Å². The fraction of sp³-hybridized carbons (Fsp3) is 0.700. The Balaban J connectivity index is 1.54. The van der Waals surface area contributed by atoms with Gasteiger partial charge in [0.05, 0.1) is 12.8 Å². The van der Waals surface area contributed by atoms with Gasteiger partial charge in [0.1, 0.15) is 0 Å². The Kier molecular flexibility index (Phi) is 5.37. The van der Waals surface area contributed by atoms with Gasteiger partial charge in [-0.15, -0.1) is 0 Å². The first-order valence-electron chi connectivity index (χ1n) is 10.4. The van der Waals surface area contributed by atoms with E-state index in [0.29, 0.717) is 37.1 Å². The zero-order chi connectivity index (χ0) is 19.6. The molecule has 3 aliphatic rings. The predicted octanol–water partition coefficient (Wildman–Crippen LogP) is 2.21. The fourth-order valence-corrected chi connectivity index (χ4v) is 3.94. The molecule has 0 radical (unpaired) electrons. The highest BCUT2D eigenvalue weighted by Gasteiger charge is 2.42. The Hall–Kier alpha value is -2.38. The SMILES string of the molecule is NC(=O)C1(OC(=O)c2cnc(N3CCCC3)c(OCC3CC3)n2)CCCCC1. The maximum absolute atomic E-state index is 12.8. The molecule has 1 aromatic rings. The number of nitrogens with two attached hydrogens (primary N) is 1. The van der Waals surface area contributed by atoms with Gasteiger partial charge in [0, 0.05) is 13.1 Å². The van der Waals surface area contributed by atoms with E-state index < -0.39 is 17.5 Å². The normalized spacial score (nSPS) is 21.4. The summed E-state index contributed by atoms with van der Waals surface area (Å²) in [4.78, 5) is 35.8. The molecule has 2 heterocycles. The molecule has 2 aliphatic carbocycles. The minimum absolute atomic E-state index is 0.0555. The van der Waals surface area contributed by atoms with Crippen molar-refractivity contribution in [2.45, 2.75) is 63.4 Å². The average molecular weight is 388 g/mol. The van der Waals surface area contributed by atoms with Gasteiger partial charge >= 0.3 is 5.97 Å². The second-order valence-corrected chi connectivity index (χ2v) is 8.14. The number of hydrogen-bond acceptors (Lipinski definition) is 7. The van der Waals surface area contributed by atoms with E-state index >= 15 is 0 Å². The van der Waals surface area contributed by atoms with Crippen molar-refractivity contribution in [3.63, 3.8) is 0 Å². The van der Waals surface area contributed by atoms with E-state index in [1.807, 2.05) is 0 Å². The van der Waals surface area contributed by atoms with Gasteiger partial charge in [0.25, 0.3) is 11.8 Å². The summed E-state index contributed by atoms with van der Waals surface area (Å²) < 4.78 is 11.5. The highest BCUT2D eigenvalue weighted by Crippen LogP contribution is 2.34. The maximum Gasteiger partial charge on any atom is 0.359 e. The van der Waals surface area contributed by atoms with E-state index in [0.717, 1.165) is 58.0 Å². The molecule has 1 amide bonds. The number of rotatable bonds is 7. The van der Waals surface area contributed by atoms with Crippen LogP contribution in [0, 0.1) is 5.92 Å². The van der Waals surface area contributed by atoms with Crippen molar-refractivity contribution in [2.75, 3.05) is 24.6 Å². The Bertz CT molecular complexity index is 738. The van der Waals surface area contributed by atoms with Gasteiger partial charge in [-0.2, -0.15) is 0 Å². The van der Waals surface area contributed by atoms with Crippen molar-refractivity contribution < 1.29 is 19.1 Å². The van der Waals surface area contributed by atoms with Gasteiger partial charge in [-0.25, -0.2) is 14.8 Å². The van der Waals surface area contributed by atoms with E-state index in [1.54, 1.807) is 0 Å². The summed E-state index contributed by atoms with van der Waals surface area (Å²) in [5.74, 6) is 0.353. The summed E-state index contributed by atoms with van der Waals surface area (Å²) in [6, 6.07) is 0. The average Bonchev–Trinajstić information content (AvgIpc) is 3.38. The van der Waals surface area contributed by atoms with Crippen LogP contribution in [0.25, 0.3) is 0 Å². The minimum Gasteiger partial charge on any atom is -0.475 e. The minimum atomic E-state index is -1.24. The van der Waals surface area contributed by atoms with Crippen molar-refractivity contribution in [1.82, 2.24) is 9.97 Å². The highest BCUT2D eigenvalue weighted by atomic mass is 16.6. The maximum atomic E-state index is 12.8. The molecule has 1 aromatic heterocycles. The molecule has 4 rings (SSSR count). The lowest BCUT2D eigenvalue weighted by Crippen LogP contribution is -2.49. The van der Waals surface area contributed by atoms with Gasteiger partial charge in [-0.05, 0) is 57.3 Å². The number of amides is 1. The fourth-order valence-electron chi connectivity index (χ4n) is 3.94. The number of primary amides is 1. The molecule has 2 N–H and O–H groups in total. The van der Waals surface area contributed by atoms with Crippen LogP contribution in [0.3, 0.4) is 0 Å². The molecule has 1 aliphatic heterocycles. The second kappa shape index (κ2) is 7.93. The van der Waals surface area contributed by atoms with Gasteiger partial charge < -0.3 is 20.1 Å². The number of nitrogens with zero attached hydrogens (tertiary/aromatic N) is 3. The molecule has 2 saturated carbocycles. The molecule has 28 heavy (non-hydrogen) atoms. The number of carbonyl (C=O) groups is 2. The summed E-state index contributed by atoms with van der Waals surface area (Å²) in [5.41, 5.74) is 4.39. The largest absolute Gasteiger partial charge is 0.475 e. The second-order valence-electron chi connectivity index (χ2n) is 8.14. The topological polar surface area (TPSA) is 108 Å². The number of ether oxygens (including phenoxy) is 2. The number of aromatic nitrogens is 2. The number of esters is 1. The van der Waals surface area contributed by atoms with Gasteiger partial charge in [0.2, 0.25) is 0 Å². The third kappa shape index (κ3) is 4.05. The van der Waals surface area contributed by atoms with E-state index in [-0.39, 0.29) is 5.69 Å². The highest BCUT2D eigenvalue weighted by molar-refractivity contribution is 5.92. The van der Waals surface area contributed by atoms with Gasteiger partial charge in [-0.3, -0.25) is 4.79 Å². The zero-order valence-electron chi connectivity index (χ0n) is 16.2. The molecule has 8 heteroatoms. The monoisotopic (exact) mass is 388 g/mol. The zero-order valence-corrected chi connectivity index (χ0v) is 16.2. The molecular weight excluding hydrogens is 360 g/mol. The Morgan fingerprint density at radius 2 is 1.86 bits per heavy atom. The number of anilines is 1. The lowest BCUT2D eigenvalue weighted by molar-refractivity contribution is -0.140. The van der Waals surface area contributed by atoms with E-state index in [9.17, 15) is 9.59 Å². The molecule has 0 aromatic carbocycles. The van der Waals surface area contributed by atoms with Crippen molar-refractivity contribution in [1.29, 1.82) is 0 Å². The van der Waals surface area contributed by atoms with Crippen LogP contribution >= 0.6 is 0 Å². The van der Waals surface area contributed by atoms with Crippen LogP contribution in [-0.2, 0) is 9.53 Å². The molecule has 0 atom stereocenters. The molecule has 0 unspecified atom stereocenters. The molecular formula is C20H28N4O4. The molecule has 1 saturated heterocycles. The molecule has 152 valence electrons. The van der Waals surface area contributed by atoms with Crippen molar-refractivity contribution >= 4 is 17.7 Å². The summed E-state index contributed by atoms with van der Waals surface area (Å²) >= 11 is 0. The van der Waals surface area contributed by atoms with E-state index in [2.05, 4.69) is 14.9 Å². The van der Waals surface area contributed by atoms with E-state index in [1.165, 1.54) is 6.20 Å². The van der Waals surface area contributed by atoms with Crippen molar-refractivity contribution in [2.24, 2.45) is 11.7 Å². The standard InChI is InChI=1S/C20H28N4O4/c21-19(26)20(8-2-1-3-9-20)28-18(25)15-12-22-16(24-10-4-5-11-24)17(23-15)27-13-14-6-7-14/h12,14H,1-11,13H2,(H2,21,26). The van der Waals surface area contributed by atoms with Gasteiger partial charge in [0.15, 0.2) is 17.1 Å². The lowest BCUT2D eigenvalue weighted by Gasteiger charge is -2.33. The van der Waals surface area contributed by atoms with Crippen LogP contribution < -0.4 is 15.4 Å². The summed E-state index contributed by atoms with van der Waals surface area (Å²) in [7, 11) is 0. The first-order valence-corrected chi connectivity index (χ1v) is 10.4. The molecule has 0 spiro atoms. The summed E-state index contributed by atoms with van der Waals surface area (Å²) in [6.45, 7) is 2.39. The predicted molar refractivity (Wildman–Crippen MR) is 102 cm³/mol. The van der Waals surface area contributed by atoms with Crippen LogP contribution in [0.1, 0.15) is 68.3 Å². The lowest BCUT2D eigenvalue weighted by atomic mass is 9.84. The molecule has 0 bridgehead atoms. The van der Waals surface area contributed by atoms with Crippen LogP contribution in [-0.4, -0.2) is 47.1 Å². The van der Waals surface area contributed by atoms with Crippen molar-refractivity contribution in [3.8, 4) is 5.88 Å². The van der Waals surface area contributed by atoms with Crippen LogP contribution in [0.2, 0.25) is 0 Å². The molecule has 3 fully saturated rings.